The van der Waals surface area contributed by atoms with Gasteiger partial charge in [0.2, 0.25) is 0 Å². The first-order valence-electron chi connectivity index (χ1n) is 28.5. The first-order valence-corrected chi connectivity index (χ1v) is 36.8. The third-order valence-electron chi connectivity index (χ3n) is 16.1. The van der Waals surface area contributed by atoms with E-state index in [0.29, 0.717) is 0 Å². The van der Waals surface area contributed by atoms with Gasteiger partial charge in [0.1, 0.15) is 0 Å². The third kappa shape index (κ3) is 15.3. The third-order valence-corrected chi connectivity index (χ3v) is 16.1. The fourth-order valence-corrected chi connectivity index (χ4v) is 11.7. The molecule has 0 heterocycles. The Morgan fingerprint density at radius 2 is 0.618 bits per heavy atom. The molecule has 76 heavy (non-hydrogen) atoms. The summed E-state index contributed by atoms with van der Waals surface area (Å²) in [5.41, 5.74) is 19.9. The zero-order chi connectivity index (χ0) is 55.0. The Hall–Kier alpha value is -3.78. The molecule has 398 valence electrons. The summed E-state index contributed by atoms with van der Waals surface area (Å²) in [6.07, 6.45) is 13.6. The summed E-state index contributed by atoms with van der Waals surface area (Å²) in [7, 11) is 11.0. The predicted molar refractivity (Wildman–Crippen MR) is 336 cm³/mol. The van der Waals surface area contributed by atoms with Crippen LogP contribution in [0.4, 0.5) is 0 Å². The van der Waals surface area contributed by atoms with Crippen LogP contribution in [0.25, 0.3) is 66.1 Å². The van der Waals surface area contributed by atoms with Gasteiger partial charge in [0.25, 0.3) is 0 Å². The van der Waals surface area contributed by atoms with Crippen molar-refractivity contribution >= 4 is 48.1 Å². The van der Waals surface area contributed by atoms with E-state index in [9.17, 15) is 0 Å². The number of hydrogen-bond donors (Lipinski definition) is 0. The minimum absolute atomic E-state index is 0.172. The molecule has 10 rings (SSSR count). The van der Waals surface area contributed by atoms with Gasteiger partial charge in [0.05, 0.1) is 0 Å². The predicted octanol–water partition coefficient (Wildman–Crippen LogP) is 22.6. The monoisotopic (exact) mass is 1140 g/mol. The average molecular weight is 1140 g/mol. The maximum atomic E-state index is 4.93. The molecular formula is C72H88Cl2SiZr. The van der Waals surface area contributed by atoms with E-state index < -0.39 is 20.8 Å². The van der Waals surface area contributed by atoms with Crippen molar-refractivity contribution in [2.75, 3.05) is 0 Å². The molecule has 0 N–H and O–H groups in total. The molecule has 0 spiro atoms. The molecule has 2 aliphatic rings. The fourth-order valence-electron chi connectivity index (χ4n) is 11.7. The van der Waals surface area contributed by atoms with Gasteiger partial charge in [-0.25, -0.2) is 0 Å². The average Bonchev–Trinajstić information content (AvgIpc) is 4.23. The normalized spacial score (nSPS) is 14.4. The first kappa shape index (κ1) is 59.9. The van der Waals surface area contributed by atoms with Gasteiger partial charge in [0, 0.05) is 9.52 Å². The van der Waals surface area contributed by atoms with Crippen LogP contribution in [0.3, 0.4) is 0 Å². The van der Waals surface area contributed by atoms with Crippen molar-refractivity contribution < 1.29 is 20.8 Å². The molecule has 0 aromatic heterocycles. The van der Waals surface area contributed by atoms with Crippen LogP contribution < -0.4 is 0 Å². The molecule has 0 saturated heterocycles. The summed E-state index contributed by atoms with van der Waals surface area (Å²) in [4.78, 5) is 0. The van der Waals surface area contributed by atoms with Crippen LogP contribution in [0.1, 0.15) is 168 Å². The number of halogens is 2. The van der Waals surface area contributed by atoms with E-state index in [4.69, 9.17) is 17.0 Å². The molecule has 2 aliphatic carbocycles. The van der Waals surface area contributed by atoms with Crippen LogP contribution in [-0.2, 0) is 55.3 Å². The van der Waals surface area contributed by atoms with E-state index in [1.807, 2.05) is 0 Å². The van der Waals surface area contributed by atoms with Crippen LogP contribution in [-0.4, -0.2) is 9.52 Å². The number of fused-ring (bicyclic) bond motifs is 2. The van der Waals surface area contributed by atoms with E-state index in [2.05, 4.69) is 242 Å². The molecule has 2 saturated carbocycles. The van der Waals surface area contributed by atoms with Crippen molar-refractivity contribution in [1.82, 2.24) is 0 Å². The maximum absolute atomic E-state index is 4.93. The molecule has 0 amide bonds. The molecular weight excluding hydrogens is 1060 g/mol. The molecule has 0 aliphatic heterocycles. The van der Waals surface area contributed by atoms with Gasteiger partial charge in [-0.1, -0.05) is 302 Å². The molecule has 0 atom stereocenters. The zero-order valence-electron chi connectivity index (χ0n) is 48.8. The van der Waals surface area contributed by atoms with E-state index in [1.165, 1.54) is 164 Å². The van der Waals surface area contributed by atoms with Crippen LogP contribution in [0.5, 0.6) is 0 Å². The summed E-state index contributed by atoms with van der Waals surface area (Å²) in [5, 5.41) is 5.61. The summed E-state index contributed by atoms with van der Waals surface area (Å²) >= 11 is -0.826. The van der Waals surface area contributed by atoms with Gasteiger partial charge in [-0.3, -0.25) is 0 Å². The van der Waals surface area contributed by atoms with Crippen molar-refractivity contribution in [3.05, 3.63) is 179 Å². The topological polar surface area (TPSA) is 0 Å². The van der Waals surface area contributed by atoms with Gasteiger partial charge in [-0.05, 0) is 79.7 Å². The molecule has 4 heteroatoms. The Kier molecular flexibility index (Phi) is 20.5. The molecule has 0 nitrogen and oxygen atoms in total. The van der Waals surface area contributed by atoms with Gasteiger partial charge in [-0.15, -0.1) is 44.8 Å². The van der Waals surface area contributed by atoms with Crippen LogP contribution in [0.15, 0.2) is 146 Å². The number of hydrogen-bond acceptors (Lipinski definition) is 0. The van der Waals surface area contributed by atoms with E-state index in [1.54, 1.807) is 0 Å². The Labute approximate surface area is 482 Å². The molecule has 0 bridgehead atoms. The first-order chi connectivity index (χ1) is 36.0. The second-order valence-electron chi connectivity index (χ2n) is 26.3. The summed E-state index contributed by atoms with van der Waals surface area (Å²) < 4.78 is 0. The number of rotatable bonds is 8. The summed E-state index contributed by atoms with van der Waals surface area (Å²) in [6.45, 7) is 31.7. The molecule has 2 fully saturated rings. The fraction of sp³-hybridized carbons (Fsp3) is 0.417. The van der Waals surface area contributed by atoms with Gasteiger partial charge >= 0.3 is 37.9 Å². The Morgan fingerprint density at radius 1 is 0.395 bits per heavy atom. The van der Waals surface area contributed by atoms with Crippen LogP contribution in [0, 0.1) is 11.8 Å². The molecule has 0 unspecified atom stereocenters. The summed E-state index contributed by atoms with van der Waals surface area (Å²) in [6, 6.07) is 56.4. The van der Waals surface area contributed by atoms with Gasteiger partial charge < -0.3 is 0 Å². The molecule has 2 radical (unpaired) electrons. The van der Waals surface area contributed by atoms with Crippen LogP contribution >= 0.6 is 17.0 Å². The van der Waals surface area contributed by atoms with Gasteiger partial charge in [-0.2, -0.15) is 12.1 Å². The molecule has 8 aromatic carbocycles. The standard InChI is InChI=1S/2C35H41.C2H6Si.2ClH.Zr/c2*1-34(2,3)28-15-11-26(12-16-28)30-19-20-31(27-13-17-29(18-14-27)35(4,5)6)33-23-25(22-32(30)33)21-24-9-7-8-10-24;1-3-2;;;/h2*11-20,22-24H,7-10,21H2,1-6H3;1-2H3;2*1H;/q2*-1;;;;+4/p-2. The van der Waals surface area contributed by atoms with Gasteiger partial charge in [0.15, 0.2) is 0 Å². The zero-order valence-corrected chi connectivity index (χ0v) is 53.8. The Bertz CT molecular complexity index is 2670. The van der Waals surface area contributed by atoms with Crippen molar-refractivity contribution in [3.8, 4) is 44.5 Å². The van der Waals surface area contributed by atoms with E-state index in [0.717, 1.165) is 21.4 Å². The minimum atomic E-state index is -0.826. The Morgan fingerprint density at radius 3 is 0.855 bits per heavy atom. The number of benzene rings is 6. The van der Waals surface area contributed by atoms with Crippen molar-refractivity contribution in [2.45, 2.75) is 182 Å². The Balaban J connectivity index is 0.000000201. The van der Waals surface area contributed by atoms with Crippen molar-refractivity contribution in [2.24, 2.45) is 11.8 Å². The molecule has 8 aromatic rings. The second-order valence-corrected chi connectivity index (χ2v) is 31.0. The van der Waals surface area contributed by atoms with E-state index >= 15 is 0 Å². The van der Waals surface area contributed by atoms with Crippen LogP contribution in [0.2, 0.25) is 13.1 Å². The van der Waals surface area contributed by atoms with E-state index in [-0.39, 0.29) is 21.7 Å². The van der Waals surface area contributed by atoms with Crippen molar-refractivity contribution in [1.29, 1.82) is 0 Å². The van der Waals surface area contributed by atoms with Crippen molar-refractivity contribution in [3.63, 3.8) is 0 Å². The SMILES string of the molecule is CC(C)(C)c1ccc(-c2ccc(-c3ccc(C(C)(C)C)cc3)c3[cH-]c(CC4CCCC4)cc23)cc1.CC(C)(C)c1ccc(-c2ccc(-c3ccc(C(C)(C)C)cc3)c3[cH-]c(CC4CCCC4)cc23)cc1.C[Si]C.[Cl][Zr+2][Cl]. The second kappa shape index (κ2) is 26.0. The summed E-state index contributed by atoms with van der Waals surface area (Å²) in [5.74, 6) is 1.71. The quantitative estimate of drug-likeness (QED) is 0.105.